The second-order valence-electron chi connectivity index (χ2n) is 6.80. The van der Waals surface area contributed by atoms with Crippen LogP contribution in [-0.2, 0) is 11.3 Å². The summed E-state index contributed by atoms with van der Waals surface area (Å²) in [5.41, 5.74) is 2.47. The average molecular weight is 380 g/mol. The molecule has 2 heterocycles. The van der Waals surface area contributed by atoms with E-state index in [-0.39, 0.29) is 11.9 Å². The van der Waals surface area contributed by atoms with Gasteiger partial charge in [0.05, 0.1) is 19.8 Å². The molecule has 0 bridgehead atoms. The van der Waals surface area contributed by atoms with E-state index in [2.05, 4.69) is 5.32 Å². The number of hydrogen-bond acceptors (Lipinski definition) is 5. The Labute approximate surface area is 164 Å². The van der Waals surface area contributed by atoms with Crippen molar-refractivity contribution in [3.8, 4) is 5.75 Å². The van der Waals surface area contributed by atoms with Crippen LogP contribution in [0.2, 0.25) is 0 Å². The fourth-order valence-electron chi connectivity index (χ4n) is 3.86. The van der Waals surface area contributed by atoms with Gasteiger partial charge in [0.25, 0.3) is 5.91 Å². The SMILES string of the molecule is COCc1c(C(=O)N2CCNCC2c2ccccc2OC)oc2ccccc12. The number of rotatable bonds is 5. The van der Waals surface area contributed by atoms with Gasteiger partial charge in [0.15, 0.2) is 5.76 Å². The van der Waals surface area contributed by atoms with Crippen LogP contribution in [0.1, 0.15) is 27.7 Å². The lowest BCUT2D eigenvalue weighted by Crippen LogP contribution is -2.48. The number of nitrogens with zero attached hydrogens (tertiary/aromatic N) is 1. The first-order valence-corrected chi connectivity index (χ1v) is 9.38. The fourth-order valence-corrected chi connectivity index (χ4v) is 3.86. The van der Waals surface area contributed by atoms with Gasteiger partial charge in [-0.3, -0.25) is 4.79 Å². The molecule has 28 heavy (non-hydrogen) atoms. The van der Waals surface area contributed by atoms with Gasteiger partial charge in [-0.1, -0.05) is 36.4 Å². The summed E-state index contributed by atoms with van der Waals surface area (Å²) < 4.78 is 16.9. The molecule has 0 spiro atoms. The minimum absolute atomic E-state index is 0.124. The largest absolute Gasteiger partial charge is 0.496 e. The summed E-state index contributed by atoms with van der Waals surface area (Å²) >= 11 is 0. The number of methoxy groups -OCH3 is 2. The minimum atomic E-state index is -0.138. The molecule has 1 aliphatic rings. The van der Waals surface area contributed by atoms with Gasteiger partial charge >= 0.3 is 0 Å². The maximum Gasteiger partial charge on any atom is 0.290 e. The van der Waals surface area contributed by atoms with Crippen molar-refractivity contribution in [2.24, 2.45) is 0 Å². The molecule has 146 valence electrons. The van der Waals surface area contributed by atoms with Gasteiger partial charge in [-0.25, -0.2) is 0 Å². The van der Waals surface area contributed by atoms with Crippen molar-refractivity contribution in [2.45, 2.75) is 12.6 Å². The van der Waals surface area contributed by atoms with Crippen molar-refractivity contribution in [3.05, 3.63) is 65.4 Å². The highest BCUT2D eigenvalue weighted by molar-refractivity contribution is 5.99. The summed E-state index contributed by atoms with van der Waals surface area (Å²) in [7, 11) is 3.27. The first kappa shape index (κ1) is 18.5. The number of piperazine rings is 1. The summed E-state index contributed by atoms with van der Waals surface area (Å²) in [5, 5.41) is 4.30. The van der Waals surface area contributed by atoms with E-state index in [0.29, 0.717) is 31.0 Å². The van der Waals surface area contributed by atoms with Crippen LogP contribution in [-0.4, -0.2) is 44.7 Å². The number of nitrogens with one attached hydrogen (secondary N) is 1. The Morgan fingerprint density at radius 2 is 1.96 bits per heavy atom. The standard InChI is InChI=1S/C22H24N2O4/c1-26-14-17-15-7-3-6-10-20(15)28-21(17)22(25)24-12-11-23-13-18(24)16-8-4-5-9-19(16)27-2/h3-10,18,23H,11-14H2,1-2H3. The van der Waals surface area contributed by atoms with E-state index >= 15 is 0 Å². The summed E-state index contributed by atoms with van der Waals surface area (Å²) in [6, 6.07) is 15.4. The number of carbonyl (C=O) groups excluding carboxylic acids is 1. The third-order valence-electron chi connectivity index (χ3n) is 5.18. The number of hydrogen-bond donors (Lipinski definition) is 1. The normalized spacial score (nSPS) is 17.1. The van der Waals surface area contributed by atoms with E-state index in [0.717, 1.165) is 28.8 Å². The van der Waals surface area contributed by atoms with Crippen molar-refractivity contribution in [2.75, 3.05) is 33.9 Å². The van der Waals surface area contributed by atoms with Gasteiger partial charge in [-0.2, -0.15) is 0 Å². The molecule has 0 aliphatic carbocycles. The predicted octanol–water partition coefficient (Wildman–Crippen LogP) is 3.37. The Bertz CT molecular complexity index is 982. The van der Waals surface area contributed by atoms with E-state index in [9.17, 15) is 4.79 Å². The molecule has 1 N–H and O–H groups in total. The lowest BCUT2D eigenvalue weighted by Gasteiger charge is -2.36. The maximum atomic E-state index is 13.6. The summed E-state index contributed by atoms with van der Waals surface area (Å²) in [6.07, 6.45) is 0. The van der Waals surface area contributed by atoms with Gasteiger partial charge in [0.2, 0.25) is 0 Å². The molecule has 0 radical (unpaired) electrons. The van der Waals surface area contributed by atoms with Gasteiger partial charge in [-0.15, -0.1) is 0 Å². The molecule has 2 aromatic carbocycles. The van der Waals surface area contributed by atoms with Gasteiger partial charge in [0.1, 0.15) is 11.3 Å². The molecular formula is C22H24N2O4. The molecular weight excluding hydrogens is 356 g/mol. The Balaban J connectivity index is 1.75. The molecule has 1 aromatic heterocycles. The summed E-state index contributed by atoms with van der Waals surface area (Å²) in [5.74, 6) is 1.00. The molecule has 1 saturated heterocycles. The first-order valence-electron chi connectivity index (χ1n) is 9.38. The molecule has 1 fully saturated rings. The smallest absolute Gasteiger partial charge is 0.290 e. The third-order valence-corrected chi connectivity index (χ3v) is 5.18. The van der Waals surface area contributed by atoms with E-state index in [1.807, 2.05) is 53.4 Å². The molecule has 6 heteroatoms. The number of para-hydroxylation sites is 2. The highest BCUT2D eigenvalue weighted by atomic mass is 16.5. The number of ether oxygens (including phenoxy) is 2. The van der Waals surface area contributed by atoms with Crippen LogP contribution in [0.4, 0.5) is 0 Å². The van der Waals surface area contributed by atoms with Crippen LogP contribution in [0.25, 0.3) is 11.0 Å². The number of furan rings is 1. The molecule has 0 saturated carbocycles. The Morgan fingerprint density at radius 1 is 1.18 bits per heavy atom. The Hall–Kier alpha value is -2.83. The number of benzene rings is 2. The van der Waals surface area contributed by atoms with Crippen LogP contribution in [0.5, 0.6) is 5.75 Å². The van der Waals surface area contributed by atoms with Gasteiger partial charge in [-0.05, 0) is 12.1 Å². The second-order valence-corrected chi connectivity index (χ2v) is 6.80. The molecule has 1 aliphatic heterocycles. The maximum absolute atomic E-state index is 13.6. The Morgan fingerprint density at radius 3 is 2.79 bits per heavy atom. The van der Waals surface area contributed by atoms with Crippen molar-refractivity contribution in [3.63, 3.8) is 0 Å². The third kappa shape index (κ3) is 3.25. The van der Waals surface area contributed by atoms with E-state index in [1.165, 1.54) is 0 Å². The highest BCUT2D eigenvalue weighted by Gasteiger charge is 2.33. The minimum Gasteiger partial charge on any atom is -0.496 e. The lowest BCUT2D eigenvalue weighted by molar-refractivity contribution is 0.0595. The summed E-state index contributed by atoms with van der Waals surface area (Å²) in [4.78, 5) is 15.4. The molecule has 6 nitrogen and oxygen atoms in total. The number of fused-ring (bicyclic) bond motifs is 1. The van der Waals surface area contributed by atoms with Crippen molar-refractivity contribution in [1.29, 1.82) is 0 Å². The Kier molecular flexibility index (Phi) is 5.32. The van der Waals surface area contributed by atoms with Crippen molar-refractivity contribution < 1.29 is 18.7 Å². The lowest BCUT2D eigenvalue weighted by atomic mass is 10.0. The highest BCUT2D eigenvalue weighted by Crippen LogP contribution is 2.33. The quantitative estimate of drug-likeness (QED) is 0.735. The van der Waals surface area contributed by atoms with E-state index in [4.69, 9.17) is 13.9 Å². The van der Waals surface area contributed by atoms with E-state index in [1.54, 1.807) is 14.2 Å². The van der Waals surface area contributed by atoms with Crippen LogP contribution >= 0.6 is 0 Å². The van der Waals surface area contributed by atoms with Crippen LogP contribution in [0.15, 0.2) is 52.9 Å². The number of carbonyl (C=O) groups is 1. The second kappa shape index (κ2) is 8.04. The molecule has 1 amide bonds. The number of amides is 1. The van der Waals surface area contributed by atoms with Crippen LogP contribution in [0, 0.1) is 0 Å². The van der Waals surface area contributed by atoms with Gasteiger partial charge < -0.3 is 24.1 Å². The first-order chi connectivity index (χ1) is 13.7. The topological polar surface area (TPSA) is 63.9 Å². The zero-order valence-corrected chi connectivity index (χ0v) is 16.1. The van der Waals surface area contributed by atoms with E-state index < -0.39 is 0 Å². The molecule has 1 unspecified atom stereocenters. The molecule has 1 atom stereocenters. The van der Waals surface area contributed by atoms with Crippen LogP contribution < -0.4 is 10.1 Å². The average Bonchev–Trinajstić information content (AvgIpc) is 3.12. The molecule has 4 rings (SSSR count). The molecule has 3 aromatic rings. The zero-order valence-electron chi connectivity index (χ0n) is 16.1. The van der Waals surface area contributed by atoms with Crippen molar-refractivity contribution in [1.82, 2.24) is 10.2 Å². The zero-order chi connectivity index (χ0) is 19.5. The van der Waals surface area contributed by atoms with Gasteiger partial charge in [0, 0.05) is 43.3 Å². The fraction of sp³-hybridized carbons (Fsp3) is 0.318. The predicted molar refractivity (Wildman–Crippen MR) is 107 cm³/mol. The van der Waals surface area contributed by atoms with Crippen LogP contribution in [0.3, 0.4) is 0 Å². The van der Waals surface area contributed by atoms with Crippen molar-refractivity contribution >= 4 is 16.9 Å². The summed E-state index contributed by atoms with van der Waals surface area (Å²) in [6.45, 7) is 2.30. The monoisotopic (exact) mass is 380 g/mol.